The van der Waals surface area contributed by atoms with Gasteiger partial charge in [-0.3, -0.25) is 4.79 Å². The Bertz CT molecular complexity index is 597. The van der Waals surface area contributed by atoms with Crippen molar-refractivity contribution in [1.29, 1.82) is 0 Å². The Hall–Kier alpha value is -1.93. The van der Waals surface area contributed by atoms with Gasteiger partial charge in [-0.25, -0.2) is 0 Å². The average molecular weight is 265 g/mol. The molecule has 3 rings (SSSR count). The van der Waals surface area contributed by atoms with Crippen LogP contribution in [-0.2, 0) is 0 Å². The van der Waals surface area contributed by atoms with Crippen molar-refractivity contribution in [3.8, 4) is 11.1 Å². The predicted octanol–water partition coefficient (Wildman–Crippen LogP) is 3.81. The Morgan fingerprint density at radius 1 is 0.950 bits per heavy atom. The molecule has 2 nitrogen and oxygen atoms in total. The van der Waals surface area contributed by atoms with Crippen molar-refractivity contribution in [2.75, 3.05) is 0 Å². The van der Waals surface area contributed by atoms with Crippen LogP contribution in [-0.4, -0.2) is 11.3 Å². The highest BCUT2D eigenvalue weighted by atomic mass is 16.1. The van der Waals surface area contributed by atoms with Gasteiger partial charge in [-0.05, 0) is 30.4 Å². The zero-order valence-electron chi connectivity index (χ0n) is 11.5. The molecule has 0 bridgehead atoms. The maximum Gasteiger partial charge on any atom is 0.164 e. The molecule has 0 aliphatic heterocycles. The number of hydrogen-bond donors (Lipinski definition) is 1. The monoisotopic (exact) mass is 265 g/mol. The molecule has 0 unspecified atom stereocenters. The molecule has 1 aliphatic rings. The van der Waals surface area contributed by atoms with Gasteiger partial charge >= 0.3 is 0 Å². The number of nitrogens with two attached hydrogens (primary N) is 1. The maximum absolute atomic E-state index is 12.2. The zero-order valence-corrected chi connectivity index (χ0v) is 11.5. The van der Waals surface area contributed by atoms with Crippen LogP contribution in [0.4, 0.5) is 0 Å². The van der Waals surface area contributed by atoms with E-state index in [9.17, 15) is 4.79 Å². The Labute approximate surface area is 119 Å². The predicted molar refractivity (Wildman–Crippen MR) is 81.6 cm³/mol. The molecule has 2 N–H and O–H groups in total. The fourth-order valence-electron chi connectivity index (χ4n) is 2.71. The van der Waals surface area contributed by atoms with E-state index in [1.165, 1.54) is 5.56 Å². The van der Waals surface area contributed by atoms with E-state index >= 15 is 0 Å². The van der Waals surface area contributed by atoms with Gasteiger partial charge < -0.3 is 5.73 Å². The van der Waals surface area contributed by atoms with Crippen molar-refractivity contribution < 1.29 is 4.79 Å². The highest BCUT2D eigenvalue weighted by Crippen LogP contribution is 2.33. The van der Waals surface area contributed by atoms with Gasteiger partial charge in [0, 0.05) is 17.5 Å². The fraction of sp³-hybridized carbons (Fsp3) is 0.278. The summed E-state index contributed by atoms with van der Waals surface area (Å²) in [4.78, 5) is 12.2. The van der Waals surface area contributed by atoms with Crippen LogP contribution in [0.5, 0.6) is 0 Å². The molecule has 1 saturated carbocycles. The van der Waals surface area contributed by atoms with Gasteiger partial charge in [-0.2, -0.15) is 0 Å². The van der Waals surface area contributed by atoms with E-state index in [0.29, 0.717) is 6.42 Å². The summed E-state index contributed by atoms with van der Waals surface area (Å²) in [7, 11) is 0. The number of carbonyl (C=O) groups excluding carboxylic acids is 1. The molecule has 0 atom stereocenters. The number of Topliss-reactive ketones (excluding diaryl/α,β-unsaturated/α-hetero) is 1. The molecule has 0 amide bonds. The third-order valence-corrected chi connectivity index (χ3v) is 4.18. The third kappa shape index (κ3) is 2.66. The van der Waals surface area contributed by atoms with Crippen LogP contribution in [0.3, 0.4) is 0 Å². The van der Waals surface area contributed by atoms with Crippen LogP contribution in [0.15, 0.2) is 54.6 Å². The Balaban J connectivity index is 1.74. The topological polar surface area (TPSA) is 43.1 Å². The van der Waals surface area contributed by atoms with Crippen LogP contribution in [0.25, 0.3) is 11.1 Å². The lowest BCUT2D eigenvalue weighted by atomic mass is 9.74. The highest BCUT2D eigenvalue weighted by Gasteiger charge is 2.34. The number of carbonyl (C=O) groups is 1. The maximum atomic E-state index is 12.2. The van der Waals surface area contributed by atoms with Crippen molar-refractivity contribution >= 4 is 5.78 Å². The minimum atomic E-state index is -0.241. The van der Waals surface area contributed by atoms with E-state index in [1.54, 1.807) is 0 Å². The summed E-state index contributed by atoms with van der Waals surface area (Å²) in [5.41, 5.74) is 8.97. The first-order chi connectivity index (χ1) is 9.66. The van der Waals surface area contributed by atoms with E-state index in [0.717, 1.165) is 30.4 Å². The summed E-state index contributed by atoms with van der Waals surface area (Å²) >= 11 is 0. The lowest BCUT2D eigenvalue weighted by Gasteiger charge is -2.37. The fourth-order valence-corrected chi connectivity index (χ4v) is 2.71. The molecule has 0 aromatic heterocycles. The van der Waals surface area contributed by atoms with Crippen molar-refractivity contribution in [3.05, 3.63) is 60.2 Å². The minimum absolute atomic E-state index is 0.159. The Morgan fingerprint density at radius 2 is 1.55 bits per heavy atom. The van der Waals surface area contributed by atoms with Gasteiger partial charge in [0.05, 0.1) is 0 Å². The first-order valence-electron chi connectivity index (χ1n) is 7.14. The second-order valence-corrected chi connectivity index (χ2v) is 5.76. The van der Waals surface area contributed by atoms with Gasteiger partial charge in [-0.15, -0.1) is 0 Å². The number of rotatable bonds is 4. The normalized spacial score (nSPS) is 16.4. The van der Waals surface area contributed by atoms with E-state index in [4.69, 9.17) is 5.73 Å². The summed E-state index contributed by atoms with van der Waals surface area (Å²) in [6, 6.07) is 18.0. The number of benzene rings is 2. The van der Waals surface area contributed by atoms with Crippen LogP contribution in [0.2, 0.25) is 0 Å². The van der Waals surface area contributed by atoms with Crippen LogP contribution < -0.4 is 5.73 Å². The average Bonchev–Trinajstić information content (AvgIpc) is 2.47. The summed E-state index contributed by atoms with van der Waals surface area (Å²) < 4.78 is 0. The quantitative estimate of drug-likeness (QED) is 0.854. The van der Waals surface area contributed by atoms with Gasteiger partial charge in [-0.1, -0.05) is 54.6 Å². The molecule has 0 saturated heterocycles. The van der Waals surface area contributed by atoms with Gasteiger partial charge in [0.15, 0.2) is 5.78 Å². The largest absolute Gasteiger partial charge is 0.325 e. The van der Waals surface area contributed by atoms with Crippen LogP contribution >= 0.6 is 0 Å². The smallest absolute Gasteiger partial charge is 0.164 e. The second kappa shape index (κ2) is 5.22. The molecule has 1 aliphatic carbocycles. The zero-order chi connectivity index (χ0) is 14.0. The first kappa shape index (κ1) is 13.1. The van der Waals surface area contributed by atoms with Crippen LogP contribution in [0.1, 0.15) is 36.0 Å². The molecule has 2 heteroatoms. The minimum Gasteiger partial charge on any atom is -0.325 e. The molecule has 2 aromatic carbocycles. The van der Waals surface area contributed by atoms with Crippen molar-refractivity contribution in [3.63, 3.8) is 0 Å². The first-order valence-corrected chi connectivity index (χ1v) is 7.14. The van der Waals surface area contributed by atoms with Crippen molar-refractivity contribution in [2.24, 2.45) is 5.73 Å². The van der Waals surface area contributed by atoms with Crippen molar-refractivity contribution in [1.82, 2.24) is 0 Å². The SMILES string of the molecule is NC1(CC(=O)c2ccc(-c3ccccc3)cc2)CCC1. The van der Waals surface area contributed by atoms with E-state index in [2.05, 4.69) is 12.1 Å². The van der Waals surface area contributed by atoms with Gasteiger partial charge in [0.1, 0.15) is 0 Å². The highest BCUT2D eigenvalue weighted by molar-refractivity contribution is 5.97. The summed E-state index contributed by atoms with van der Waals surface area (Å²) in [5.74, 6) is 0.159. The third-order valence-electron chi connectivity index (χ3n) is 4.18. The molecule has 0 radical (unpaired) electrons. The number of ketones is 1. The summed E-state index contributed by atoms with van der Waals surface area (Å²) in [6.45, 7) is 0. The van der Waals surface area contributed by atoms with Gasteiger partial charge in [0.25, 0.3) is 0 Å². The summed E-state index contributed by atoms with van der Waals surface area (Å²) in [6.07, 6.45) is 3.57. The molecule has 1 fully saturated rings. The van der Waals surface area contributed by atoms with E-state index < -0.39 is 0 Å². The molecule has 0 heterocycles. The lowest BCUT2D eigenvalue weighted by molar-refractivity contribution is 0.0912. The molecular formula is C18H19NO. The van der Waals surface area contributed by atoms with E-state index in [-0.39, 0.29) is 11.3 Å². The van der Waals surface area contributed by atoms with Crippen LogP contribution in [0, 0.1) is 0 Å². The molecular weight excluding hydrogens is 246 g/mol. The summed E-state index contributed by atoms with van der Waals surface area (Å²) in [5, 5.41) is 0. The Kier molecular flexibility index (Phi) is 3.41. The van der Waals surface area contributed by atoms with Crippen molar-refractivity contribution in [2.45, 2.75) is 31.2 Å². The van der Waals surface area contributed by atoms with Gasteiger partial charge in [0.2, 0.25) is 0 Å². The molecule has 102 valence electrons. The Morgan fingerprint density at radius 3 is 2.10 bits per heavy atom. The standard InChI is InChI=1S/C18H19NO/c19-18(11-4-12-18)13-17(20)16-9-7-15(8-10-16)14-5-2-1-3-6-14/h1-3,5-10H,4,11-13,19H2. The van der Waals surface area contributed by atoms with E-state index in [1.807, 2.05) is 42.5 Å². The second-order valence-electron chi connectivity index (χ2n) is 5.76. The number of hydrogen-bond acceptors (Lipinski definition) is 2. The molecule has 0 spiro atoms. The molecule has 2 aromatic rings. The molecule has 20 heavy (non-hydrogen) atoms. The lowest BCUT2D eigenvalue weighted by Crippen LogP contribution is -2.48.